The molecule has 0 aromatic heterocycles. The number of nitrogens with two attached hydrogens (primary N) is 1. The van der Waals surface area contributed by atoms with Crippen LogP contribution in [-0.2, 0) is 12.8 Å². The fourth-order valence-electron chi connectivity index (χ4n) is 2.29. The molecule has 0 aliphatic heterocycles. The number of fused-ring (bicyclic) bond motifs is 1. The summed E-state index contributed by atoms with van der Waals surface area (Å²) >= 11 is 0. The van der Waals surface area contributed by atoms with Gasteiger partial charge in [-0.05, 0) is 49.4 Å². The number of hydrogen-bond donors (Lipinski definition) is 2. The van der Waals surface area contributed by atoms with Gasteiger partial charge >= 0.3 is 0 Å². The number of benzene rings is 1. The Kier molecular flexibility index (Phi) is 2.23. The van der Waals surface area contributed by atoms with Crippen LogP contribution in [0.25, 0.3) is 0 Å². The average molecular weight is 209 g/mol. The summed E-state index contributed by atoms with van der Waals surface area (Å²) in [6, 6.07) is 1.36. The van der Waals surface area contributed by atoms with Gasteiger partial charge < -0.3 is 10.8 Å². The molecule has 1 aromatic rings. The number of rotatable bonds is 0. The first-order chi connectivity index (χ1) is 6.91. The Morgan fingerprint density at radius 3 is 2.80 bits per heavy atom. The first-order valence-corrected chi connectivity index (χ1v) is 5.19. The summed E-state index contributed by atoms with van der Waals surface area (Å²) in [6.45, 7) is 3.57. The Hall–Kier alpha value is -1.09. The summed E-state index contributed by atoms with van der Waals surface area (Å²) in [5.74, 6) is -0.243. The van der Waals surface area contributed by atoms with Crippen molar-refractivity contribution in [1.82, 2.24) is 0 Å². The lowest BCUT2D eigenvalue weighted by atomic mass is 9.79. The molecule has 1 unspecified atom stereocenters. The van der Waals surface area contributed by atoms with Crippen LogP contribution in [0.15, 0.2) is 6.07 Å². The van der Waals surface area contributed by atoms with E-state index in [4.69, 9.17) is 5.73 Å². The Morgan fingerprint density at radius 2 is 2.13 bits per heavy atom. The van der Waals surface area contributed by atoms with Crippen LogP contribution >= 0.6 is 0 Å². The Bertz CT molecular complexity index is 413. The van der Waals surface area contributed by atoms with Gasteiger partial charge in [0.05, 0.1) is 5.60 Å². The minimum Gasteiger partial charge on any atom is -0.398 e. The molecule has 1 aliphatic carbocycles. The lowest BCUT2D eigenvalue weighted by molar-refractivity contribution is 0.0459. The maximum Gasteiger partial charge on any atom is 0.128 e. The van der Waals surface area contributed by atoms with Gasteiger partial charge in [-0.3, -0.25) is 0 Å². The van der Waals surface area contributed by atoms with Crippen LogP contribution in [0.4, 0.5) is 10.1 Å². The number of nitrogen functional groups attached to an aromatic ring is 1. The van der Waals surface area contributed by atoms with Crippen molar-refractivity contribution in [3.63, 3.8) is 0 Å². The molecule has 0 saturated carbocycles. The van der Waals surface area contributed by atoms with E-state index in [-0.39, 0.29) is 5.82 Å². The average Bonchev–Trinajstić information content (AvgIpc) is 2.13. The molecular weight excluding hydrogens is 193 g/mol. The predicted molar refractivity (Wildman–Crippen MR) is 58.2 cm³/mol. The van der Waals surface area contributed by atoms with Gasteiger partial charge in [0.2, 0.25) is 0 Å². The molecule has 0 bridgehead atoms. The van der Waals surface area contributed by atoms with Crippen LogP contribution in [-0.4, -0.2) is 10.7 Å². The molecule has 0 amide bonds. The molecule has 2 nitrogen and oxygen atoms in total. The molecule has 0 saturated heterocycles. The van der Waals surface area contributed by atoms with Gasteiger partial charge in [-0.15, -0.1) is 0 Å². The second kappa shape index (κ2) is 3.20. The van der Waals surface area contributed by atoms with Crippen molar-refractivity contribution in [2.45, 2.75) is 38.7 Å². The topological polar surface area (TPSA) is 46.2 Å². The molecule has 82 valence electrons. The zero-order chi connectivity index (χ0) is 11.2. The van der Waals surface area contributed by atoms with Crippen molar-refractivity contribution >= 4 is 5.69 Å². The number of halogens is 1. The smallest absolute Gasteiger partial charge is 0.128 e. The molecular formula is C12H16FNO. The Morgan fingerprint density at radius 1 is 1.47 bits per heavy atom. The SMILES string of the molecule is Cc1c(F)cc(N)c2c1CCC(C)(O)C2. The van der Waals surface area contributed by atoms with E-state index in [1.807, 2.05) is 0 Å². The first kappa shape index (κ1) is 10.4. The summed E-state index contributed by atoms with van der Waals surface area (Å²) in [5, 5.41) is 9.96. The molecule has 1 aliphatic rings. The summed E-state index contributed by atoms with van der Waals surface area (Å²) in [4.78, 5) is 0. The molecule has 0 heterocycles. The van der Waals surface area contributed by atoms with Crippen molar-refractivity contribution in [1.29, 1.82) is 0 Å². The van der Waals surface area contributed by atoms with Crippen molar-refractivity contribution in [2.24, 2.45) is 0 Å². The molecule has 2 rings (SSSR count). The van der Waals surface area contributed by atoms with Crippen LogP contribution in [0.5, 0.6) is 0 Å². The highest BCUT2D eigenvalue weighted by molar-refractivity contribution is 5.56. The molecule has 1 atom stereocenters. The lowest BCUT2D eigenvalue weighted by Crippen LogP contribution is -2.33. The highest BCUT2D eigenvalue weighted by Crippen LogP contribution is 2.34. The molecule has 1 aromatic carbocycles. The standard InChI is InChI=1S/C12H16FNO/c1-7-8-3-4-12(2,15)6-9(8)11(14)5-10(7)13/h5,15H,3-4,6,14H2,1-2H3. The van der Waals surface area contributed by atoms with Gasteiger partial charge in [-0.1, -0.05) is 0 Å². The number of hydrogen-bond acceptors (Lipinski definition) is 2. The van der Waals surface area contributed by atoms with Crippen molar-refractivity contribution in [3.05, 3.63) is 28.6 Å². The van der Waals surface area contributed by atoms with Crippen LogP contribution in [0, 0.1) is 12.7 Å². The second-order valence-corrected chi connectivity index (χ2v) is 4.70. The van der Waals surface area contributed by atoms with E-state index in [9.17, 15) is 9.50 Å². The zero-order valence-electron chi connectivity index (χ0n) is 9.10. The van der Waals surface area contributed by atoms with E-state index >= 15 is 0 Å². The third-order valence-electron chi connectivity index (χ3n) is 3.28. The van der Waals surface area contributed by atoms with Crippen molar-refractivity contribution in [3.8, 4) is 0 Å². The van der Waals surface area contributed by atoms with Gasteiger partial charge in [0, 0.05) is 12.1 Å². The predicted octanol–water partition coefficient (Wildman–Crippen LogP) is 1.96. The number of aliphatic hydroxyl groups is 1. The summed E-state index contributed by atoms with van der Waals surface area (Å²) in [7, 11) is 0. The Balaban J connectivity index is 2.56. The maximum atomic E-state index is 13.4. The fourth-order valence-corrected chi connectivity index (χ4v) is 2.29. The van der Waals surface area contributed by atoms with E-state index in [2.05, 4.69) is 0 Å². The van der Waals surface area contributed by atoms with E-state index in [0.29, 0.717) is 30.5 Å². The number of anilines is 1. The zero-order valence-corrected chi connectivity index (χ0v) is 9.10. The summed E-state index contributed by atoms with van der Waals surface area (Å²) in [5.41, 5.74) is 8.13. The van der Waals surface area contributed by atoms with E-state index < -0.39 is 5.60 Å². The molecule has 0 spiro atoms. The van der Waals surface area contributed by atoms with Crippen LogP contribution in [0.3, 0.4) is 0 Å². The van der Waals surface area contributed by atoms with Gasteiger partial charge in [-0.25, -0.2) is 4.39 Å². The van der Waals surface area contributed by atoms with E-state index in [0.717, 1.165) is 11.1 Å². The quantitative estimate of drug-likeness (QED) is 0.641. The van der Waals surface area contributed by atoms with Crippen LogP contribution in [0.2, 0.25) is 0 Å². The van der Waals surface area contributed by atoms with Gasteiger partial charge in [0.15, 0.2) is 0 Å². The normalized spacial score (nSPS) is 25.1. The molecule has 3 heteroatoms. The largest absolute Gasteiger partial charge is 0.398 e. The molecule has 0 fully saturated rings. The minimum atomic E-state index is -0.703. The maximum absolute atomic E-state index is 13.4. The van der Waals surface area contributed by atoms with Gasteiger partial charge in [0.1, 0.15) is 5.82 Å². The summed E-state index contributed by atoms with van der Waals surface area (Å²) < 4.78 is 13.4. The van der Waals surface area contributed by atoms with E-state index in [1.54, 1.807) is 13.8 Å². The molecule has 0 radical (unpaired) electrons. The van der Waals surface area contributed by atoms with Crippen LogP contribution < -0.4 is 5.73 Å². The lowest BCUT2D eigenvalue weighted by Gasteiger charge is -2.31. The highest BCUT2D eigenvalue weighted by atomic mass is 19.1. The molecule has 15 heavy (non-hydrogen) atoms. The Labute approximate surface area is 88.9 Å². The monoisotopic (exact) mass is 209 g/mol. The third kappa shape index (κ3) is 1.72. The third-order valence-corrected chi connectivity index (χ3v) is 3.28. The van der Waals surface area contributed by atoms with Gasteiger partial charge in [0.25, 0.3) is 0 Å². The fraction of sp³-hybridized carbons (Fsp3) is 0.500. The van der Waals surface area contributed by atoms with Crippen molar-refractivity contribution in [2.75, 3.05) is 5.73 Å². The highest BCUT2D eigenvalue weighted by Gasteiger charge is 2.30. The molecule has 3 N–H and O–H groups in total. The van der Waals surface area contributed by atoms with Gasteiger partial charge in [-0.2, -0.15) is 0 Å². The summed E-state index contributed by atoms with van der Waals surface area (Å²) in [6.07, 6.45) is 1.90. The second-order valence-electron chi connectivity index (χ2n) is 4.70. The first-order valence-electron chi connectivity index (χ1n) is 5.19. The van der Waals surface area contributed by atoms with Crippen LogP contribution in [0.1, 0.15) is 30.0 Å². The van der Waals surface area contributed by atoms with E-state index in [1.165, 1.54) is 6.07 Å². The van der Waals surface area contributed by atoms with Crippen molar-refractivity contribution < 1.29 is 9.50 Å². The minimum absolute atomic E-state index is 0.243.